The van der Waals surface area contributed by atoms with Crippen molar-refractivity contribution >= 4 is 0 Å². The molecule has 1 atom stereocenters. The van der Waals surface area contributed by atoms with Gasteiger partial charge in [0.05, 0.1) is 24.9 Å². The first-order valence-electron chi connectivity index (χ1n) is 5.52. The van der Waals surface area contributed by atoms with E-state index in [1.54, 1.807) is 7.11 Å². The van der Waals surface area contributed by atoms with E-state index in [2.05, 4.69) is 10.4 Å². The SMILES string of the molecule is COCCNCC(O)Cn1nc(C)cc1C. The van der Waals surface area contributed by atoms with Gasteiger partial charge in [0.25, 0.3) is 0 Å². The molecule has 0 saturated heterocycles. The number of aryl methyl sites for hydroxylation is 2. The van der Waals surface area contributed by atoms with E-state index in [9.17, 15) is 5.11 Å². The van der Waals surface area contributed by atoms with Gasteiger partial charge >= 0.3 is 0 Å². The fourth-order valence-corrected chi connectivity index (χ4v) is 1.57. The van der Waals surface area contributed by atoms with Crippen molar-refractivity contribution < 1.29 is 9.84 Å². The minimum absolute atomic E-state index is 0.421. The molecular weight excluding hydrogens is 206 g/mol. The topological polar surface area (TPSA) is 59.3 Å². The highest BCUT2D eigenvalue weighted by atomic mass is 16.5. The molecule has 0 aromatic carbocycles. The summed E-state index contributed by atoms with van der Waals surface area (Å²) in [5.41, 5.74) is 2.06. The quantitative estimate of drug-likeness (QED) is 0.649. The third kappa shape index (κ3) is 4.30. The van der Waals surface area contributed by atoms with Crippen molar-refractivity contribution in [2.75, 3.05) is 26.8 Å². The van der Waals surface area contributed by atoms with Crippen LogP contribution in [0.15, 0.2) is 6.07 Å². The van der Waals surface area contributed by atoms with E-state index in [0.29, 0.717) is 19.7 Å². The molecule has 0 aliphatic carbocycles. The fraction of sp³-hybridized carbons (Fsp3) is 0.727. The molecule has 0 fully saturated rings. The van der Waals surface area contributed by atoms with Crippen LogP contribution in [-0.4, -0.2) is 47.8 Å². The van der Waals surface area contributed by atoms with Crippen molar-refractivity contribution in [1.29, 1.82) is 0 Å². The highest BCUT2D eigenvalue weighted by Crippen LogP contribution is 2.02. The molecule has 5 nitrogen and oxygen atoms in total. The number of hydrogen-bond donors (Lipinski definition) is 2. The average Bonchev–Trinajstić information content (AvgIpc) is 2.52. The molecular formula is C11H21N3O2. The molecule has 1 heterocycles. The van der Waals surface area contributed by atoms with E-state index in [0.717, 1.165) is 17.9 Å². The maximum Gasteiger partial charge on any atom is 0.0860 e. The smallest absolute Gasteiger partial charge is 0.0860 e. The maximum absolute atomic E-state index is 9.77. The van der Waals surface area contributed by atoms with Gasteiger partial charge in [-0.3, -0.25) is 4.68 Å². The number of aliphatic hydroxyl groups is 1. The normalized spacial score (nSPS) is 13.0. The summed E-state index contributed by atoms with van der Waals surface area (Å²) in [6, 6.07) is 2.01. The number of ether oxygens (including phenoxy) is 1. The second kappa shape index (κ2) is 6.62. The summed E-state index contributed by atoms with van der Waals surface area (Å²) in [6.07, 6.45) is -0.421. The summed E-state index contributed by atoms with van der Waals surface area (Å²) >= 11 is 0. The van der Waals surface area contributed by atoms with E-state index in [1.807, 2.05) is 24.6 Å². The molecule has 1 unspecified atom stereocenters. The Balaban J connectivity index is 2.28. The Morgan fingerprint density at radius 1 is 1.56 bits per heavy atom. The van der Waals surface area contributed by atoms with Crippen molar-refractivity contribution in [1.82, 2.24) is 15.1 Å². The molecule has 2 N–H and O–H groups in total. The number of aromatic nitrogens is 2. The van der Waals surface area contributed by atoms with Gasteiger partial charge in [0, 0.05) is 25.9 Å². The van der Waals surface area contributed by atoms with Crippen LogP contribution in [0.4, 0.5) is 0 Å². The summed E-state index contributed by atoms with van der Waals surface area (Å²) < 4.78 is 6.73. The summed E-state index contributed by atoms with van der Waals surface area (Å²) in [7, 11) is 1.66. The van der Waals surface area contributed by atoms with E-state index < -0.39 is 6.10 Å². The molecule has 0 aliphatic heterocycles. The Hall–Kier alpha value is -0.910. The third-order valence-corrected chi connectivity index (χ3v) is 2.35. The molecule has 1 rings (SSSR count). The average molecular weight is 227 g/mol. The van der Waals surface area contributed by atoms with E-state index >= 15 is 0 Å². The van der Waals surface area contributed by atoms with Gasteiger partial charge in [-0.05, 0) is 19.9 Å². The number of rotatable bonds is 7. The lowest BCUT2D eigenvalue weighted by atomic mass is 10.3. The van der Waals surface area contributed by atoms with Crippen LogP contribution in [0.2, 0.25) is 0 Å². The molecule has 0 bridgehead atoms. The Labute approximate surface area is 96.4 Å². The lowest BCUT2D eigenvalue weighted by Crippen LogP contribution is -2.32. The summed E-state index contributed by atoms with van der Waals surface area (Å²) in [5.74, 6) is 0. The van der Waals surface area contributed by atoms with Gasteiger partial charge in [-0.15, -0.1) is 0 Å². The number of nitrogens with zero attached hydrogens (tertiary/aromatic N) is 2. The lowest BCUT2D eigenvalue weighted by molar-refractivity contribution is 0.139. The predicted octanol–water partition coefficient (Wildman–Crippen LogP) is 0.0968. The van der Waals surface area contributed by atoms with Gasteiger partial charge in [0.15, 0.2) is 0 Å². The third-order valence-electron chi connectivity index (χ3n) is 2.35. The first-order chi connectivity index (χ1) is 7.63. The summed E-state index contributed by atoms with van der Waals surface area (Å²) in [6.45, 7) is 6.44. The highest BCUT2D eigenvalue weighted by molar-refractivity contribution is 5.06. The van der Waals surface area contributed by atoms with Crippen LogP contribution in [-0.2, 0) is 11.3 Å². The molecule has 0 amide bonds. The molecule has 0 saturated carbocycles. The lowest BCUT2D eigenvalue weighted by Gasteiger charge is -2.12. The van der Waals surface area contributed by atoms with Crippen molar-refractivity contribution in [3.63, 3.8) is 0 Å². The van der Waals surface area contributed by atoms with Gasteiger partial charge in [0.2, 0.25) is 0 Å². The number of aliphatic hydroxyl groups excluding tert-OH is 1. The van der Waals surface area contributed by atoms with Crippen molar-refractivity contribution in [2.24, 2.45) is 0 Å². The fourth-order valence-electron chi connectivity index (χ4n) is 1.57. The zero-order valence-electron chi connectivity index (χ0n) is 10.2. The largest absolute Gasteiger partial charge is 0.390 e. The predicted molar refractivity (Wildman–Crippen MR) is 62.5 cm³/mol. The molecule has 0 spiro atoms. The zero-order valence-corrected chi connectivity index (χ0v) is 10.2. The van der Waals surface area contributed by atoms with Gasteiger partial charge in [-0.25, -0.2) is 0 Å². The van der Waals surface area contributed by atoms with Crippen LogP contribution < -0.4 is 5.32 Å². The molecule has 1 aromatic rings. The minimum atomic E-state index is -0.421. The molecule has 92 valence electrons. The highest BCUT2D eigenvalue weighted by Gasteiger charge is 2.07. The second-order valence-corrected chi connectivity index (χ2v) is 3.96. The number of nitrogens with one attached hydrogen (secondary N) is 1. The Morgan fingerprint density at radius 3 is 2.88 bits per heavy atom. The molecule has 1 aromatic heterocycles. The van der Waals surface area contributed by atoms with E-state index in [-0.39, 0.29) is 0 Å². The summed E-state index contributed by atoms with van der Waals surface area (Å²) in [4.78, 5) is 0. The molecule has 16 heavy (non-hydrogen) atoms. The molecule has 0 aliphatic rings. The van der Waals surface area contributed by atoms with Gasteiger partial charge in [-0.2, -0.15) is 5.10 Å². The van der Waals surface area contributed by atoms with Crippen molar-refractivity contribution in [2.45, 2.75) is 26.5 Å². The Bertz CT molecular complexity index is 312. The first-order valence-corrected chi connectivity index (χ1v) is 5.52. The van der Waals surface area contributed by atoms with Crippen LogP contribution in [0, 0.1) is 13.8 Å². The monoisotopic (exact) mass is 227 g/mol. The van der Waals surface area contributed by atoms with E-state index in [4.69, 9.17) is 4.74 Å². The van der Waals surface area contributed by atoms with Crippen molar-refractivity contribution in [3.05, 3.63) is 17.5 Å². The molecule has 0 radical (unpaired) electrons. The van der Waals surface area contributed by atoms with Crippen molar-refractivity contribution in [3.8, 4) is 0 Å². The van der Waals surface area contributed by atoms with Crippen LogP contribution in [0.25, 0.3) is 0 Å². The van der Waals surface area contributed by atoms with Gasteiger partial charge in [0.1, 0.15) is 0 Å². The van der Waals surface area contributed by atoms with Crippen LogP contribution in [0.3, 0.4) is 0 Å². The van der Waals surface area contributed by atoms with Crippen LogP contribution in [0.5, 0.6) is 0 Å². The van der Waals surface area contributed by atoms with Gasteiger partial charge < -0.3 is 15.2 Å². The maximum atomic E-state index is 9.77. The second-order valence-electron chi connectivity index (χ2n) is 3.96. The number of hydrogen-bond acceptors (Lipinski definition) is 4. The first kappa shape index (κ1) is 13.2. The number of methoxy groups -OCH3 is 1. The minimum Gasteiger partial charge on any atom is -0.390 e. The Kier molecular flexibility index (Phi) is 5.45. The van der Waals surface area contributed by atoms with Crippen LogP contribution >= 0.6 is 0 Å². The standard InChI is InChI=1S/C11H21N3O2/c1-9-6-10(2)14(13-9)8-11(15)7-12-4-5-16-3/h6,11-12,15H,4-5,7-8H2,1-3H3. The Morgan fingerprint density at radius 2 is 2.31 bits per heavy atom. The van der Waals surface area contributed by atoms with E-state index in [1.165, 1.54) is 0 Å². The van der Waals surface area contributed by atoms with Gasteiger partial charge in [-0.1, -0.05) is 0 Å². The molecule has 5 heteroatoms. The van der Waals surface area contributed by atoms with Crippen LogP contribution in [0.1, 0.15) is 11.4 Å². The summed E-state index contributed by atoms with van der Waals surface area (Å²) in [5, 5.41) is 17.2. The zero-order chi connectivity index (χ0) is 12.0.